The van der Waals surface area contributed by atoms with Gasteiger partial charge in [-0.25, -0.2) is 0 Å². The minimum Gasteiger partial charge on any atom is -0.273 e. The van der Waals surface area contributed by atoms with Crippen molar-refractivity contribution in [1.82, 2.24) is 0 Å². The SMILES string of the molecule is C=N/C=C\C(=C)CI.CC. The van der Waals surface area contributed by atoms with E-state index in [1.807, 2.05) is 19.9 Å². The van der Waals surface area contributed by atoms with Crippen LogP contribution in [0.2, 0.25) is 0 Å². The first kappa shape index (κ1) is 12.5. The van der Waals surface area contributed by atoms with Gasteiger partial charge < -0.3 is 0 Å². The number of nitrogens with zero attached hydrogens (tertiary/aromatic N) is 1. The van der Waals surface area contributed by atoms with Gasteiger partial charge in [0.2, 0.25) is 0 Å². The van der Waals surface area contributed by atoms with Gasteiger partial charge in [0, 0.05) is 10.6 Å². The van der Waals surface area contributed by atoms with Crippen molar-refractivity contribution in [1.29, 1.82) is 0 Å². The fourth-order valence-electron chi connectivity index (χ4n) is 0.203. The first-order chi connectivity index (χ1) is 4.81. The highest BCUT2D eigenvalue weighted by Gasteiger charge is 1.78. The molecule has 0 rings (SSSR count). The smallest absolute Gasteiger partial charge is 0.0263 e. The van der Waals surface area contributed by atoms with Crippen LogP contribution in [-0.4, -0.2) is 11.1 Å². The first-order valence-electron chi connectivity index (χ1n) is 3.17. The van der Waals surface area contributed by atoms with E-state index in [2.05, 4.69) is 40.9 Å². The second kappa shape index (κ2) is 11.6. The molecule has 0 unspecified atom stereocenters. The lowest BCUT2D eigenvalue weighted by Gasteiger charge is -1.84. The van der Waals surface area contributed by atoms with Gasteiger partial charge in [-0.15, -0.1) is 0 Å². The van der Waals surface area contributed by atoms with Gasteiger partial charge in [-0.2, -0.15) is 0 Å². The van der Waals surface area contributed by atoms with E-state index in [4.69, 9.17) is 0 Å². The molecule has 2 heteroatoms. The molecule has 0 saturated carbocycles. The van der Waals surface area contributed by atoms with Crippen LogP contribution in [0.5, 0.6) is 0 Å². The van der Waals surface area contributed by atoms with Crippen molar-refractivity contribution in [3.63, 3.8) is 0 Å². The van der Waals surface area contributed by atoms with Crippen LogP contribution in [0, 0.1) is 0 Å². The molecule has 0 aromatic carbocycles. The molecule has 0 radical (unpaired) electrons. The van der Waals surface area contributed by atoms with Crippen molar-refractivity contribution < 1.29 is 0 Å². The van der Waals surface area contributed by atoms with Crippen LogP contribution in [0.1, 0.15) is 13.8 Å². The summed E-state index contributed by atoms with van der Waals surface area (Å²) in [5, 5.41) is 0. The molecule has 0 aromatic rings. The van der Waals surface area contributed by atoms with Gasteiger partial charge >= 0.3 is 0 Å². The van der Waals surface area contributed by atoms with Crippen LogP contribution >= 0.6 is 22.6 Å². The Morgan fingerprint density at radius 1 is 1.60 bits per heavy atom. The lowest BCUT2D eigenvalue weighted by molar-refractivity contribution is 1.50. The average Bonchev–Trinajstić information content (AvgIpc) is 2.04. The molecule has 0 amide bonds. The average molecular weight is 251 g/mol. The predicted octanol–water partition coefficient (Wildman–Crippen LogP) is 3.22. The molecule has 0 aliphatic carbocycles. The summed E-state index contributed by atoms with van der Waals surface area (Å²) in [4.78, 5) is 3.53. The minimum absolute atomic E-state index is 0.948. The van der Waals surface area contributed by atoms with Crippen molar-refractivity contribution >= 4 is 29.3 Å². The number of alkyl halides is 1. The van der Waals surface area contributed by atoms with Gasteiger partial charge in [0.05, 0.1) is 0 Å². The van der Waals surface area contributed by atoms with Crippen LogP contribution in [0.4, 0.5) is 0 Å². The van der Waals surface area contributed by atoms with Gasteiger partial charge in [-0.1, -0.05) is 43.0 Å². The third-order valence-electron chi connectivity index (χ3n) is 0.587. The fraction of sp³-hybridized carbons (Fsp3) is 0.375. The maximum atomic E-state index is 3.73. The zero-order chi connectivity index (χ0) is 8.41. The predicted molar refractivity (Wildman–Crippen MR) is 58.1 cm³/mol. The van der Waals surface area contributed by atoms with E-state index in [0.29, 0.717) is 0 Å². The summed E-state index contributed by atoms with van der Waals surface area (Å²) in [5.41, 5.74) is 1.07. The molecule has 0 bridgehead atoms. The summed E-state index contributed by atoms with van der Waals surface area (Å²) in [6.07, 6.45) is 3.49. The summed E-state index contributed by atoms with van der Waals surface area (Å²) in [7, 11) is 0. The lowest BCUT2D eigenvalue weighted by atomic mass is 10.3. The van der Waals surface area contributed by atoms with E-state index in [9.17, 15) is 0 Å². The fourth-order valence-corrected chi connectivity index (χ4v) is 0.457. The van der Waals surface area contributed by atoms with Gasteiger partial charge in [-0.05, 0) is 18.4 Å². The van der Waals surface area contributed by atoms with Crippen LogP contribution in [0.25, 0.3) is 0 Å². The highest BCUT2D eigenvalue weighted by atomic mass is 127. The van der Waals surface area contributed by atoms with Gasteiger partial charge in [-0.3, -0.25) is 4.99 Å². The summed E-state index contributed by atoms with van der Waals surface area (Å²) < 4.78 is 0.948. The molecule has 0 fully saturated rings. The normalized spacial score (nSPS) is 8.30. The maximum absolute atomic E-state index is 3.73. The third-order valence-corrected chi connectivity index (χ3v) is 1.57. The Morgan fingerprint density at radius 3 is 2.40 bits per heavy atom. The number of hydrogen-bond donors (Lipinski definition) is 0. The Kier molecular flexibility index (Phi) is 14.6. The number of rotatable bonds is 3. The molecule has 10 heavy (non-hydrogen) atoms. The quantitative estimate of drug-likeness (QED) is 0.316. The van der Waals surface area contributed by atoms with Crippen molar-refractivity contribution in [3.8, 4) is 0 Å². The summed E-state index contributed by atoms with van der Waals surface area (Å²) in [6, 6.07) is 0. The molecule has 1 nitrogen and oxygen atoms in total. The summed E-state index contributed by atoms with van der Waals surface area (Å²) in [5.74, 6) is 0. The van der Waals surface area contributed by atoms with Gasteiger partial charge in [0.25, 0.3) is 0 Å². The van der Waals surface area contributed by atoms with Gasteiger partial charge in [0.15, 0.2) is 0 Å². The molecule has 0 spiro atoms. The Hall–Kier alpha value is -0.120. The molecular weight excluding hydrogens is 237 g/mol. The van der Waals surface area contributed by atoms with E-state index >= 15 is 0 Å². The molecule has 0 aliphatic rings. The molecule has 0 aromatic heterocycles. The number of allylic oxidation sites excluding steroid dienone is 2. The van der Waals surface area contributed by atoms with E-state index < -0.39 is 0 Å². The minimum atomic E-state index is 0.948. The Morgan fingerprint density at radius 2 is 2.10 bits per heavy atom. The third kappa shape index (κ3) is 10.8. The molecule has 0 aliphatic heterocycles. The number of aliphatic imine (C=N–C) groups is 1. The van der Waals surface area contributed by atoms with Crippen molar-refractivity contribution in [2.45, 2.75) is 13.8 Å². The largest absolute Gasteiger partial charge is 0.273 e. The van der Waals surface area contributed by atoms with Crippen LogP contribution in [0.3, 0.4) is 0 Å². The molecule has 0 saturated heterocycles. The molecular formula is C8H14IN. The van der Waals surface area contributed by atoms with Crippen LogP contribution in [-0.2, 0) is 0 Å². The lowest BCUT2D eigenvalue weighted by Crippen LogP contribution is -1.70. The second-order valence-corrected chi connectivity index (χ2v) is 2.05. The number of halogens is 1. The van der Waals surface area contributed by atoms with E-state index in [0.717, 1.165) is 10.0 Å². The van der Waals surface area contributed by atoms with Crippen LogP contribution in [0.15, 0.2) is 29.4 Å². The van der Waals surface area contributed by atoms with Crippen molar-refractivity contribution in [3.05, 3.63) is 24.4 Å². The molecule has 0 N–H and O–H groups in total. The maximum Gasteiger partial charge on any atom is 0.0263 e. The zero-order valence-electron chi connectivity index (χ0n) is 6.60. The first-order valence-corrected chi connectivity index (χ1v) is 4.70. The van der Waals surface area contributed by atoms with E-state index in [1.54, 1.807) is 6.20 Å². The monoisotopic (exact) mass is 251 g/mol. The highest BCUT2D eigenvalue weighted by Crippen LogP contribution is 1.97. The molecule has 58 valence electrons. The molecule has 0 heterocycles. The van der Waals surface area contributed by atoms with Crippen LogP contribution < -0.4 is 0 Å². The van der Waals surface area contributed by atoms with E-state index in [1.165, 1.54) is 0 Å². The number of hydrogen-bond acceptors (Lipinski definition) is 1. The summed E-state index contributed by atoms with van der Waals surface area (Å²) >= 11 is 2.24. The van der Waals surface area contributed by atoms with Crippen molar-refractivity contribution in [2.24, 2.45) is 4.99 Å². The molecule has 0 atom stereocenters. The Labute approximate surface area is 77.1 Å². The Balaban J connectivity index is 0. The summed E-state index contributed by atoms with van der Waals surface area (Å²) in [6.45, 7) is 11.0. The van der Waals surface area contributed by atoms with Gasteiger partial charge in [0.1, 0.15) is 0 Å². The standard InChI is InChI=1S/C6H8IN.C2H6/c1-6(5-7)3-4-8-2;1-2/h3-4H,1-2,5H2;1-2H3/b4-3-;. The van der Waals surface area contributed by atoms with E-state index in [-0.39, 0.29) is 0 Å². The Bertz CT molecular complexity index is 116. The highest BCUT2D eigenvalue weighted by molar-refractivity contribution is 14.1. The van der Waals surface area contributed by atoms with Crippen molar-refractivity contribution in [2.75, 3.05) is 4.43 Å². The zero-order valence-corrected chi connectivity index (χ0v) is 8.76. The topological polar surface area (TPSA) is 12.4 Å². The second-order valence-electron chi connectivity index (χ2n) is 1.29.